The van der Waals surface area contributed by atoms with Gasteiger partial charge in [0, 0.05) is 5.02 Å². The van der Waals surface area contributed by atoms with Crippen LogP contribution in [0.2, 0.25) is 5.02 Å². The van der Waals surface area contributed by atoms with Crippen molar-refractivity contribution in [3.05, 3.63) is 41.0 Å². The van der Waals surface area contributed by atoms with E-state index >= 15 is 0 Å². The summed E-state index contributed by atoms with van der Waals surface area (Å²) in [5, 5.41) is 4.06. The second kappa shape index (κ2) is 3.92. The summed E-state index contributed by atoms with van der Waals surface area (Å²) in [4.78, 5) is 28.7. The van der Waals surface area contributed by atoms with Crippen molar-refractivity contribution in [3.63, 3.8) is 0 Å². The van der Waals surface area contributed by atoms with Crippen molar-refractivity contribution < 1.29 is 14.1 Å². The summed E-state index contributed by atoms with van der Waals surface area (Å²) >= 11 is 5.87. The maximum atomic E-state index is 11.8. The van der Waals surface area contributed by atoms with Crippen molar-refractivity contribution >= 4 is 29.0 Å². The number of halogens is 1. The molecule has 1 amide bonds. The third kappa shape index (κ3) is 1.58. The second-order valence-corrected chi connectivity index (χ2v) is 4.17. The zero-order valence-corrected chi connectivity index (χ0v) is 9.72. The molecular weight excluding hydrogens is 258 g/mol. The minimum absolute atomic E-state index is 0.0778. The van der Waals surface area contributed by atoms with Crippen molar-refractivity contribution in [2.24, 2.45) is 0 Å². The smallest absolute Gasteiger partial charge is 0.299 e. The lowest BCUT2D eigenvalue weighted by Crippen LogP contribution is -2.29. The Balaban J connectivity index is 2.03. The van der Waals surface area contributed by atoms with Crippen molar-refractivity contribution in [1.29, 1.82) is 0 Å². The van der Waals surface area contributed by atoms with E-state index in [-0.39, 0.29) is 6.54 Å². The molecular formula is C11H6ClN3O3. The molecule has 18 heavy (non-hydrogen) atoms. The third-order valence-electron chi connectivity index (χ3n) is 2.64. The highest BCUT2D eigenvalue weighted by Gasteiger charge is 2.36. The predicted octanol–water partition coefficient (Wildman–Crippen LogP) is 1.45. The van der Waals surface area contributed by atoms with Crippen LogP contribution in [0.15, 0.2) is 29.1 Å². The molecule has 3 rings (SSSR count). The van der Waals surface area contributed by atoms with E-state index in [1.54, 1.807) is 12.1 Å². The summed E-state index contributed by atoms with van der Waals surface area (Å²) in [5.41, 5.74) is 0.815. The maximum Gasteiger partial charge on any atom is 0.299 e. The Labute approximate surface area is 106 Å². The number of carbonyl (C=O) groups excluding carboxylic acids is 2. The van der Waals surface area contributed by atoms with E-state index in [9.17, 15) is 9.59 Å². The van der Waals surface area contributed by atoms with Crippen LogP contribution in [0.5, 0.6) is 0 Å². The fourth-order valence-electron chi connectivity index (χ4n) is 1.83. The molecule has 1 aliphatic rings. The topological polar surface area (TPSA) is 76.3 Å². The largest absolute Gasteiger partial charge is 0.343 e. The van der Waals surface area contributed by atoms with E-state index in [2.05, 4.69) is 14.7 Å². The summed E-state index contributed by atoms with van der Waals surface area (Å²) in [7, 11) is 0. The van der Waals surface area contributed by atoms with Crippen LogP contribution >= 0.6 is 11.6 Å². The van der Waals surface area contributed by atoms with Gasteiger partial charge in [-0.3, -0.25) is 14.5 Å². The van der Waals surface area contributed by atoms with Crippen LogP contribution in [-0.2, 0) is 11.3 Å². The molecule has 0 unspecified atom stereocenters. The van der Waals surface area contributed by atoms with Gasteiger partial charge in [0.15, 0.2) is 5.82 Å². The van der Waals surface area contributed by atoms with Crippen LogP contribution < -0.4 is 4.90 Å². The first-order valence-electron chi connectivity index (χ1n) is 5.08. The van der Waals surface area contributed by atoms with E-state index in [4.69, 9.17) is 11.6 Å². The fourth-order valence-corrected chi connectivity index (χ4v) is 1.99. The van der Waals surface area contributed by atoms with Gasteiger partial charge in [-0.1, -0.05) is 16.8 Å². The average molecular weight is 264 g/mol. The Morgan fingerprint density at radius 3 is 2.89 bits per heavy atom. The van der Waals surface area contributed by atoms with Crippen LogP contribution in [0.25, 0.3) is 0 Å². The van der Waals surface area contributed by atoms with Gasteiger partial charge in [-0.05, 0) is 18.2 Å². The molecule has 6 nitrogen and oxygen atoms in total. The van der Waals surface area contributed by atoms with Crippen LogP contribution in [-0.4, -0.2) is 21.8 Å². The van der Waals surface area contributed by atoms with Crippen molar-refractivity contribution in [3.8, 4) is 0 Å². The molecule has 2 aromatic rings. The standard InChI is InChI=1S/C11H6ClN3O3/c12-6-1-2-7-8(3-6)15(11(17)10(7)16)4-9-13-5-18-14-9/h1-3,5H,4H2. The van der Waals surface area contributed by atoms with E-state index < -0.39 is 11.7 Å². The van der Waals surface area contributed by atoms with E-state index in [1.807, 2.05) is 0 Å². The van der Waals surface area contributed by atoms with Gasteiger partial charge in [-0.25, -0.2) is 0 Å². The number of rotatable bonds is 2. The highest BCUT2D eigenvalue weighted by Crippen LogP contribution is 2.32. The Bertz CT molecular complexity index is 639. The minimum Gasteiger partial charge on any atom is -0.343 e. The van der Waals surface area contributed by atoms with Gasteiger partial charge in [0.1, 0.15) is 0 Å². The summed E-state index contributed by atoms with van der Waals surface area (Å²) in [5.74, 6) is -0.841. The van der Waals surface area contributed by atoms with Crippen LogP contribution in [0, 0.1) is 0 Å². The molecule has 0 radical (unpaired) electrons. The number of hydrogen-bond acceptors (Lipinski definition) is 5. The third-order valence-corrected chi connectivity index (χ3v) is 2.88. The van der Waals surface area contributed by atoms with Gasteiger partial charge in [0.25, 0.3) is 11.7 Å². The quantitative estimate of drug-likeness (QED) is 0.767. The lowest BCUT2D eigenvalue weighted by molar-refractivity contribution is -0.114. The molecule has 0 N–H and O–H groups in total. The number of fused-ring (bicyclic) bond motifs is 1. The monoisotopic (exact) mass is 263 g/mol. The molecule has 0 aliphatic carbocycles. The second-order valence-electron chi connectivity index (χ2n) is 3.73. The molecule has 0 bridgehead atoms. The summed E-state index contributed by atoms with van der Waals surface area (Å²) in [6, 6.07) is 4.68. The SMILES string of the molecule is O=C1C(=O)N(Cc2ncon2)c2cc(Cl)ccc21. The molecule has 0 saturated carbocycles. The molecule has 0 atom stereocenters. The summed E-state index contributed by atoms with van der Waals surface area (Å²) in [6.07, 6.45) is 1.16. The normalized spacial score (nSPS) is 14.2. The fraction of sp³-hybridized carbons (Fsp3) is 0.0909. The van der Waals surface area contributed by atoms with Crippen molar-refractivity contribution in [2.45, 2.75) is 6.54 Å². The molecule has 1 aromatic heterocycles. The Morgan fingerprint density at radius 2 is 2.17 bits per heavy atom. The maximum absolute atomic E-state index is 11.8. The van der Waals surface area contributed by atoms with E-state index in [1.165, 1.54) is 11.0 Å². The number of carbonyl (C=O) groups is 2. The molecule has 0 saturated heterocycles. The van der Waals surface area contributed by atoms with Gasteiger partial charge < -0.3 is 4.52 Å². The zero-order valence-electron chi connectivity index (χ0n) is 8.96. The Hall–Kier alpha value is -2.21. The van der Waals surface area contributed by atoms with Gasteiger partial charge in [0.2, 0.25) is 6.39 Å². The Morgan fingerprint density at radius 1 is 1.33 bits per heavy atom. The number of nitrogens with zero attached hydrogens (tertiary/aromatic N) is 3. The van der Waals surface area contributed by atoms with Crippen molar-refractivity contribution in [1.82, 2.24) is 10.1 Å². The van der Waals surface area contributed by atoms with Crippen LogP contribution in [0.1, 0.15) is 16.2 Å². The molecule has 2 heterocycles. The van der Waals surface area contributed by atoms with Gasteiger partial charge in [-0.15, -0.1) is 0 Å². The number of ketones is 1. The molecule has 1 aliphatic heterocycles. The van der Waals surface area contributed by atoms with Crippen LogP contribution in [0.3, 0.4) is 0 Å². The van der Waals surface area contributed by atoms with Crippen LogP contribution in [0.4, 0.5) is 5.69 Å². The number of amides is 1. The predicted molar refractivity (Wildman–Crippen MR) is 61.3 cm³/mol. The molecule has 90 valence electrons. The lowest BCUT2D eigenvalue weighted by Gasteiger charge is -2.13. The first-order chi connectivity index (χ1) is 8.66. The Kier molecular flexibility index (Phi) is 2.38. The van der Waals surface area contributed by atoms with Gasteiger partial charge >= 0.3 is 0 Å². The first kappa shape index (κ1) is 10.9. The summed E-state index contributed by atoms with van der Waals surface area (Å²) in [6.45, 7) is 0.0778. The highest BCUT2D eigenvalue weighted by molar-refractivity contribution is 6.52. The molecule has 7 heteroatoms. The number of hydrogen-bond donors (Lipinski definition) is 0. The number of Topliss-reactive ketones (excluding diaryl/α,β-unsaturated/α-hetero) is 1. The average Bonchev–Trinajstić information content (AvgIpc) is 2.93. The van der Waals surface area contributed by atoms with E-state index in [0.29, 0.717) is 22.1 Å². The zero-order chi connectivity index (χ0) is 12.7. The van der Waals surface area contributed by atoms with E-state index in [0.717, 1.165) is 6.39 Å². The molecule has 0 fully saturated rings. The number of benzene rings is 1. The van der Waals surface area contributed by atoms with Gasteiger partial charge in [0.05, 0.1) is 17.8 Å². The minimum atomic E-state index is -0.614. The van der Waals surface area contributed by atoms with Gasteiger partial charge in [-0.2, -0.15) is 4.98 Å². The molecule has 1 aromatic carbocycles. The number of anilines is 1. The first-order valence-corrected chi connectivity index (χ1v) is 5.45. The highest BCUT2D eigenvalue weighted by atomic mass is 35.5. The summed E-state index contributed by atoms with van der Waals surface area (Å²) < 4.78 is 4.59. The lowest BCUT2D eigenvalue weighted by atomic mass is 10.1. The van der Waals surface area contributed by atoms with Crippen molar-refractivity contribution in [2.75, 3.05) is 4.90 Å². The molecule has 0 spiro atoms. The number of aromatic nitrogens is 2.